The van der Waals surface area contributed by atoms with Gasteiger partial charge in [0, 0.05) is 28.4 Å². The summed E-state index contributed by atoms with van der Waals surface area (Å²) in [4.78, 5) is 23.3. The summed E-state index contributed by atoms with van der Waals surface area (Å²) in [6.07, 6.45) is 1.81. The fourth-order valence-electron chi connectivity index (χ4n) is 3.58. The Balaban J connectivity index is 0.00000512. The van der Waals surface area contributed by atoms with Crippen LogP contribution in [-0.2, 0) is 9.59 Å². The summed E-state index contributed by atoms with van der Waals surface area (Å²) in [5.41, 5.74) is 3.95. The van der Waals surface area contributed by atoms with E-state index in [1.807, 2.05) is 25.1 Å². The lowest BCUT2D eigenvalue weighted by atomic mass is 9.84. The zero-order chi connectivity index (χ0) is 23.0. The van der Waals surface area contributed by atoms with E-state index in [0.29, 0.717) is 31.5 Å². The SMILES string of the molecule is C=C/C(=C\c1cccc(C2=CCC(C(F)(F)F)CC2)c1C)C(=O)NCCCNC(C)=O.[HH].[HH]. The number of rotatable bonds is 8. The molecule has 0 fully saturated rings. The van der Waals surface area contributed by atoms with E-state index in [9.17, 15) is 22.8 Å². The molecule has 0 spiro atoms. The molecule has 4 nitrogen and oxygen atoms in total. The van der Waals surface area contributed by atoms with Gasteiger partial charge in [-0.25, -0.2) is 0 Å². The molecule has 0 saturated heterocycles. The Bertz CT molecular complexity index is 896. The van der Waals surface area contributed by atoms with Crippen molar-refractivity contribution < 1.29 is 25.6 Å². The van der Waals surface area contributed by atoms with Gasteiger partial charge in [-0.2, -0.15) is 13.2 Å². The highest BCUT2D eigenvalue weighted by Crippen LogP contribution is 2.40. The predicted octanol–water partition coefficient (Wildman–Crippen LogP) is 5.44. The van der Waals surface area contributed by atoms with Gasteiger partial charge in [-0.15, -0.1) is 0 Å². The fraction of sp³-hybridized carbons (Fsp3) is 0.417. The lowest BCUT2D eigenvalue weighted by Gasteiger charge is -2.25. The van der Waals surface area contributed by atoms with Crippen molar-refractivity contribution in [3.05, 3.63) is 59.2 Å². The number of amides is 2. The zero-order valence-electron chi connectivity index (χ0n) is 17.9. The first-order valence-electron chi connectivity index (χ1n) is 10.4. The molecule has 0 heterocycles. The quantitative estimate of drug-likeness (QED) is 0.322. The number of benzene rings is 1. The molecule has 0 aromatic heterocycles. The molecule has 0 radical (unpaired) electrons. The smallest absolute Gasteiger partial charge is 0.356 e. The van der Waals surface area contributed by atoms with Crippen molar-refractivity contribution in [1.29, 1.82) is 0 Å². The Morgan fingerprint density at radius 3 is 2.55 bits per heavy atom. The highest BCUT2D eigenvalue weighted by molar-refractivity contribution is 6.00. The number of carbonyl (C=O) groups is 2. The van der Waals surface area contributed by atoms with Crippen molar-refractivity contribution in [3.63, 3.8) is 0 Å². The van der Waals surface area contributed by atoms with Crippen LogP contribution in [0, 0.1) is 12.8 Å². The van der Waals surface area contributed by atoms with E-state index in [2.05, 4.69) is 17.2 Å². The molecule has 1 aliphatic carbocycles. The van der Waals surface area contributed by atoms with Crippen LogP contribution >= 0.6 is 0 Å². The monoisotopic (exact) mass is 438 g/mol. The minimum atomic E-state index is -4.16. The van der Waals surface area contributed by atoms with Crippen LogP contribution in [0.15, 0.2) is 42.5 Å². The number of allylic oxidation sites excluding steroid dienone is 2. The third-order valence-corrected chi connectivity index (χ3v) is 5.40. The molecule has 1 unspecified atom stereocenters. The van der Waals surface area contributed by atoms with Gasteiger partial charge < -0.3 is 10.6 Å². The van der Waals surface area contributed by atoms with E-state index >= 15 is 0 Å². The van der Waals surface area contributed by atoms with E-state index < -0.39 is 12.1 Å². The zero-order valence-corrected chi connectivity index (χ0v) is 17.9. The molecular weight excluding hydrogens is 405 g/mol. The Morgan fingerprint density at radius 2 is 1.97 bits per heavy atom. The second-order valence-electron chi connectivity index (χ2n) is 7.66. The minimum absolute atomic E-state index is 0. The van der Waals surface area contributed by atoms with Gasteiger partial charge in [0.1, 0.15) is 0 Å². The summed E-state index contributed by atoms with van der Waals surface area (Å²) in [5.74, 6) is -1.66. The van der Waals surface area contributed by atoms with E-state index in [0.717, 1.165) is 22.3 Å². The summed E-state index contributed by atoms with van der Waals surface area (Å²) in [5, 5.41) is 5.46. The number of hydrogen-bond donors (Lipinski definition) is 2. The summed E-state index contributed by atoms with van der Waals surface area (Å²) in [6, 6.07) is 5.62. The van der Waals surface area contributed by atoms with E-state index in [-0.39, 0.29) is 27.5 Å². The van der Waals surface area contributed by atoms with Crippen LogP contribution < -0.4 is 10.6 Å². The second-order valence-corrected chi connectivity index (χ2v) is 7.66. The van der Waals surface area contributed by atoms with Crippen molar-refractivity contribution in [1.82, 2.24) is 10.6 Å². The van der Waals surface area contributed by atoms with Crippen LogP contribution in [0.3, 0.4) is 0 Å². The molecule has 172 valence electrons. The van der Waals surface area contributed by atoms with Crippen LogP contribution in [0.25, 0.3) is 11.6 Å². The molecule has 31 heavy (non-hydrogen) atoms. The molecule has 0 bridgehead atoms. The van der Waals surface area contributed by atoms with Crippen molar-refractivity contribution in [3.8, 4) is 0 Å². The second kappa shape index (κ2) is 11.0. The van der Waals surface area contributed by atoms with Gasteiger partial charge in [0.25, 0.3) is 5.91 Å². The average molecular weight is 439 g/mol. The first kappa shape index (κ1) is 24.4. The van der Waals surface area contributed by atoms with Crippen molar-refractivity contribution >= 4 is 23.5 Å². The normalized spacial score (nSPS) is 17.0. The average Bonchev–Trinajstić information content (AvgIpc) is 2.72. The van der Waals surface area contributed by atoms with Gasteiger partial charge in [0.15, 0.2) is 0 Å². The number of hydrogen-bond acceptors (Lipinski definition) is 2. The lowest BCUT2D eigenvalue weighted by molar-refractivity contribution is -0.175. The van der Waals surface area contributed by atoms with Crippen LogP contribution in [0.2, 0.25) is 0 Å². The fourth-order valence-corrected chi connectivity index (χ4v) is 3.58. The third kappa shape index (κ3) is 7.12. The molecular formula is C24H33F3N2O2. The topological polar surface area (TPSA) is 58.2 Å². The molecule has 0 saturated carbocycles. The van der Waals surface area contributed by atoms with E-state index in [1.54, 1.807) is 12.2 Å². The number of alkyl halides is 3. The predicted molar refractivity (Wildman–Crippen MR) is 121 cm³/mol. The first-order valence-corrected chi connectivity index (χ1v) is 10.4. The van der Waals surface area contributed by atoms with Crippen LogP contribution in [0.1, 0.15) is 52.2 Å². The Morgan fingerprint density at radius 1 is 1.26 bits per heavy atom. The van der Waals surface area contributed by atoms with Crippen molar-refractivity contribution in [2.24, 2.45) is 5.92 Å². The highest BCUT2D eigenvalue weighted by atomic mass is 19.4. The van der Waals surface area contributed by atoms with Gasteiger partial charge in [-0.05, 0) is 60.9 Å². The van der Waals surface area contributed by atoms with Gasteiger partial charge in [-0.3, -0.25) is 9.59 Å². The molecule has 2 rings (SSSR count). The Hall–Kier alpha value is -2.83. The summed E-state index contributed by atoms with van der Waals surface area (Å²) < 4.78 is 38.8. The summed E-state index contributed by atoms with van der Waals surface area (Å²) in [6.45, 7) is 7.95. The molecule has 7 heteroatoms. The van der Waals surface area contributed by atoms with E-state index in [1.165, 1.54) is 13.0 Å². The molecule has 1 atom stereocenters. The Kier molecular flexibility index (Phi) is 8.65. The van der Waals surface area contributed by atoms with E-state index in [4.69, 9.17) is 0 Å². The van der Waals surface area contributed by atoms with Gasteiger partial charge in [0.05, 0.1) is 5.92 Å². The van der Waals surface area contributed by atoms with Crippen LogP contribution in [-0.4, -0.2) is 31.1 Å². The van der Waals surface area contributed by atoms with Gasteiger partial charge in [0.2, 0.25) is 5.91 Å². The molecule has 2 N–H and O–H groups in total. The minimum Gasteiger partial charge on any atom is -0.356 e. The number of halogens is 3. The molecule has 1 aliphatic rings. The molecule has 0 aliphatic heterocycles. The molecule has 1 aromatic carbocycles. The third-order valence-electron chi connectivity index (χ3n) is 5.40. The summed E-state index contributed by atoms with van der Waals surface area (Å²) in [7, 11) is 0. The largest absolute Gasteiger partial charge is 0.392 e. The standard InChI is InChI=1S/C24H29F3N2O2.2H2/c1-4-18(23(31)29-14-6-13-28-17(3)30)15-20-7-5-8-22(16(20)2)19-9-11-21(12-10-19)24(25,26)27;;/h4-5,7-9,15,21H,1,6,10-14H2,2-3H3,(H,28,30)(H,29,31);2*1H/b18-15+;;. The first-order chi connectivity index (χ1) is 14.6. The van der Waals surface area contributed by atoms with Crippen LogP contribution in [0.4, 0.5) is 13.2 Å². The lowest BCUT2D eigenvalue weighted by Crippen LogP contribution is -2.29. The van der Waals surface area contributed by atoms with Crippen molar-refractivity contribution in [2.45, 2.75) is 45.7 Å². The maximum absolute atomic E-state index is 12.9. The highest BCUT2D eigenvalue weighted by Gasteiger charge is 2.39. The van der Waals surface area contributed by atoms with Crippen LogP contribution in [0.5, 0.6) is 0 Å². The maximum atomic E-state index is 12.9. The molecule has 1 aromatic rings. The summed E-state index contributed by atoms with van der Waals surface area (Å²) >= 11 is 0. The number of carbonyl (C=O) groups excluding carboxylic acids is 2. The molecule has 2 amide bonds. The Labute approximate surface area is 184 Å². The van der Waals surface area contributed by atoms with Gasteiger partial charge >= 0.3 is 6.18 Å². The van der Waals surface area contributed by atoms with Crippen molar-refractivity contribution in [2.75, 3.05) is 13.1 Å². The number of nitrogens with one attached hydrogen (secondary N) is 2. The maximum Gasteiger partial charge on any atom is 0.392 e. The van der Waals surface area contributed by atoms with Gasteiger partial charge in [-0.1, -0.05) is 36.9 Å².